The number of benzene rings is 3. The fourth-order valence-corrected chi connectivity index (χ4v) is 3.66. The van der Waals surface area contributed by atoms with Gasteiger partial charge in [0, 0.05) is 12.6 Å². The molecule has 4 N–H and O–H groups in total. The quantitative estimate of drug-likeness (QED) is 0.332. The van der Waals surface area contributed by atoms with E-state index in [0.717, 1.165) is 33.6 Å². The molecule has 0 saturated heterocycles. The van der Waals surface area contributed by atoms with Crippen LogP contribution in [0.3, 0.4) is 0 Å². The number of rotatable bonds is 9. The molecule has 3 aromatic rings. The molecule has 0 heterocycles. The van der Waals surface area contributed by atoms with Crippen LogP contribution < -0.4 is 10.1 Å². The SMILES string of the molecule is Cc1cc(-c2ccc(C(=O)O)cc2)cc(C)c1OCCN[C@@H](C)[C@H](O)c1ccc(O)cc1.Cl. The van der Waals surface area contributed by atoms with Gasteiger partial charge in [0.1, 0.15) is 18.1 Å². The van der Waals surface area contributed by atoms with Crippen LogP contribution >= 0.6 is 12.4 Å². The van der Waals surface area contributed by atoms with Crippen molar-refractivity contribution < 1.29 is 24.9 Å². The lowest BCUT2D eigenvalue weighted by Crippen LogP contribution is -2.35. The van der Waals surface area contributed by atoms with E-state index in [4.69, 9.17) is 9.84 Å². The van der Waals surface area contributed by atoms with Gasteiger partial charge in [-0.2, -0.15) is 0 Å². The highest BCUT2D eigenvalue weighted by atomic mass is 35.5. The summed E-state index contributed by atoms with van der Waals surface area (Å²) in [5.41, 5.74) is 4.96. The van der Waals surface area contributed by atoms with Gasteiger partial charge in [-0.25, -0.2) is 4.79 Å². The van der Waals surface area contributed by atoms with Crippen LogP contribution in [0.4, 0.5) is 0 Å². The molecule has 0 aliphatic rings. The topological polar surface area (TPSA) is 99.0 Å². The average Bonchev–Trinajstić information content (AvgIpc) is 2.77. The molecule has 3 rings (SSSR count). The first-order valence-electron chi connectivity index (χ1n) is 10.5. The monoisotopic (exact) mass is 471 g/mol. The maximum Gasteiger partial charge on any atom is 0.335 e. The highest BCUT2D eigenvalue weighted by Crippen LogP contribution is 2.30. The van der Waals surface area contributed by atoms with E-state index in [1.165, 1.54) is 0 Å². The molecule has 0 spiro atoms. The lowest BCUT2D eigenvalue weighted by Gasteiger charge is -2.21. The number of nitrogens with one attached hydrogen (secondary N) is 1. The number of aliphatic hydroxyl groups is 1. The van der Waals surface area contributed by atoms with Gasteiger partial charge in [0.05, 0.1) is 11.7 Å². The molecular weight excluding hydrogens is 442 g/mol. The van der Waals surface area contributed by atoms with Crippen molar-refractivity contribution in [3.8, 4) is 22.6 Å². The van der Waals surface area contributed by atoms with E-state index in [1.807, 2.05) is 45.0 Å². The smallest absolute Gasteiger partial charge is 0.335 e. The molecule has 0 bridgehead atoms. The van der Waals surface area contributed by atoms with Gasteiger partial charge in [-0.05, 0) is 85.0 Å². The Labute approximate surface area is 200 Å². The predicted molar refractivity (Wildman–Crippen MR) is 132 cm³/mol. The highest BCUT2D eigenvalue weighted by molar-refractivity contribution is 5.88. The second-order valence-electron chi connectivity index (χ2n) is 7.95. The number of carboxylic acids is 1. The van der Waals surface area contributed by atoms with Crippen molar-refractivity contribution >= 4 is 18.4 Å². The molecule has 0 aliphatic carbocycles. The van der Waals surface area contributed by atoms with Gasteiger partial charge in [0.2, 0.25) is 0 Å². The molecular formula is C26H30ClNO5. The molecule has 0 fully saturated rings. The number of phenols is 1. The van der Waals surface area contributed by atoms with Crippen molar-refractivity contribution in [2.45, 2.75) is 32.9 Å². The Bertz CT molecular complexity index is 1040. The second-order valence-corrected chi connectivity index (χ2v) is 7.95. The minimum atomic E-state index is -0.939. The first-order chi connectivity index (χ1) is 15.3. The minimum absolute atomic E-state index is 0. The highest BCUT2D eigenvalue weighted by Gasteiger charge is 2.16. The molecule has 0 saturated carbocycles. The van der Waals surface area contributed by atoms with Crippen LogP contribution in [0.1, 0.15) is 40.1 Å². The van der Waals surface area contributed by atoms with E-state index in [0.29, 0.717) is 13.2 Å². The van der Waals surface area contributed by atoms with Crippen LogP contribution in [0.5, 0.6) is 11.5 Å². The molecule has 3 aromatic carbocycles. The molecule has 0 amide bonds. The number of aliphatic hydroxyl groups excluding tert-OH is 1. The maximum atomic E-state index is 11.0. The zero-order chi connectivity index (χ0) is 23.3. The lowest BCUT2D eigenvalue weighted by atomic mass is 9.99. The Morgan fingerprint density at radius 2 is 1.55 bits per heavy atom. The van der Waals surface area contributed by atoms with E-state index in [2.05, 4.69) is 5.32 Å². The summed E-state index contributed by atoms with van der Waals surface area (Å²) >= 11 is 0. The normalized spacial score (nSPS) is 12.5. The fourth-order valence-electron chi connectivity index (χ4n) is 3.66. The predicted octanol–water partition coefficient (Wildman–Crippen LogP) is 4.89. The number of hydrogen-bond acceptors (Lipinski definition) is 5. The number of aromatic carboxylic acids is 1. The van der Waals surface area contributed by atoms with Gasteiger partial charge in [-0.15, -0.1) is 12.4 Å². The van der Waals surface area contributed by atoms with E-state index in [1.54, 1.807) is 36.4 Å². The zero-order valence-electron chi connectivity index (χ0n) is 18.9. The summed E-state index contributed by atoms with van der Waals surface area (Å²) in [6, 6.07) is 17.2. The fraction of sp³-hybridized carbons (Fsp3) is 0.269. The third kappa shape index (κ3) is 6.71. The number of hydrogen-bond donors (Lipinski definition) is 4. The summed E-state index contributed by atoms with van der Waals surface area (Å²) in [4.78, 5) is 11.0. The van der Waals surface area contributed by atoms with Gasteiger partial charge in [-0.1, -0.05) is 24.3 Å². The number of halogens is 1. The molecule has 33 heavy (non-hydrogen) atoms. The molecule has 0 radical (unpaired) electrons. The van der Waals surface area contributed by atoms with Crippen molar-refractivity contribution in [2.24, 2.45) is 0 Å². The molecule has 0 aliphatic heterocycles. The molecule has 0 aromatic heterocycles. The van der Waals surface area contributed by atoms with Crippen LogP contribution in [-0.4, -0.2) is 40.5 Å². The summed E-state index contributed by atoms with van der Waals surface area (Å²) in [6.45, 7) is 6.89. The number of aromatic hydroxyl groups is 1. The Balaban J connectivity index is 0.00000385. The van der Waals surface area contributed by atoms with Crippen LogP contribution in [0, 0.1) is 13.8 Å². The van der Waals surface area contributed by atoms with Gasteiger partial charge in [-0.3, -0.25) is 0 Å². The zero-order valence-corrected chi connectivity index (χ0v) is 19.7. The van der Waals surface area contributed by atoms with Gasteiger partial charge >= 0.3 is 5.97 Å². The van der Waals surface area contributed by atoms with Crippen molar-refractivity contribution in [3.63, 3.8) is 0 Å². The summed E-state index contributed by atoms with van der Waals surface area (Å²) in [5.74, 6) is 0.0552. The number of carboxylic acid groups (broad SMARTS) is 1. The average molecular weight is 472 g/mol. The summed E-state index contributed by atoms with van der Waals surface area (Å²) < 4.78 is 6.01. The number of aryl methyl sites for hydroxylation is 2. The van der Waals surface area contributed by atoms with Crippen molar-refractivity contribution in [2.75, 3.05) is 13.2 Å². The maximum absolute atomic E-state index is 11.0. The first-order valence-corrected chi connectivity index (χ1v) is 10.5. The van der Waals surface area contributed by atoms with Crippen molar-refractivity contribution in [3.05, 3.63) is 82.9 Å². The van der Waals surface area contributed by atoms with Gasteiger partial charge < -0.3 is 25.4 Å². The van der Waals surface area contributed by atoms with Gasteiger partial charge in [0.25, 0.3) is 0 Å². The van der Waals surface area contributed by atoms with E-state index >= 15 is 0 Å². The molecule has 176 valence electrons. The Morgan fingerprint density at radius 3 is 2.09 bits per heavy atom. The Morgan fingerprint density at radius 1 is 0.970 bits per heavy atom. The lowest BCUT2D eigenvalue weighted by molar-refractivity contribution is 0.0697. The van der Waals surface area contributed by atoms with Crippen molar-refractivity contribution in [1.82, 2.24) is 5.32 Å². The summed E-state index contributed by atoms with van der Waals surface area (Å²) in [6.07, 6.45) is -0.689. The Hall–Kier alpha value is -3.06. The largest absolute Gasteiger partial charge is 0.508 e. The molecule has 2 atom stereocenters. The van der Waals surface area contributed by atoms with Crippen LogP contribution in [0.2, 0.25) is 0 Å². The molecule has 0 unspecified atom stereocenters. The number of phenolic OH excluding ortho intramolecular Hbond substituents is 1. The van der Waals surface area contributed by atoms with E-state index < -0.39 is 12.1 Å². The van der Waals surface area contributed by atoms with E-state index in [-0.39, 0.29) is 29.8 Å². The van der Waals surface area contributed by atoms with Crippen LogP contribution in [0.25, 0.3) is 11.1 Å². The summed E-state index contributed by atoms with van der Waals surface area (Å²) in [7, 11) is 0. The molecule has 7 heteroatoms. The number of carbonyl (C=O) groups is 1. The minimum Gasteiger partial charge on any atom is -0.508 e. The van der Waals surface area contributed by atoms with E-state index in [9.17, 15) is 15.0 Å². The first kappa shape index (κ1) is 26.2. The van der Waals surface area contributed by atoms with Crippen molar-refractivity contribution in [1.29, 1.82) is 0 Å². The van der Waals surface area contributed by atoms with Gasteiger partial charge in [0.15, 0.2) is 0 Å². The second kappa shape index (κ2) is 11.7. The Kier molecular flexibility index (Phi) is 9.29. The number of ether oxygens (including phenoxy) is 1. The van der Waals surface area contributed by atoms with Crippen LogP contribution in [0.15, 0.2) is 60.7 Å². The standard InChI is InChI=1S/C26H29NO5.ClH/c1-16-14-22(19-4-6-21(7-5-19)26(30)31)15-17(2)25(16)32-13-12-27-18(3)24(29)20-8-10-23(28)11-9-20;/h4-11,14-15,18,24,27-29H,12-13H2,1-3H3,(H,30,31);1H/t18-,24-;/m0./s1. The molecule has 6 nitrogen and oxygen atoms in total. The third-order valence-electron chi connectivity index (χ3n) is 5.45. The van der Waals surface area contributed by atoms with Crippen LogP contribution in [-0.2, 0) is 0 Å². The summed E-state index contributed by atoms with van der Waals surface area (Å²) in [5, 5.41) is 32.2. The third-order valence-corrected chi connectivity index (χ3v) is 5.45.